The molecule has 1 unspecified atom stereocenters. The maximum Gasteiger partial charge on any atom is 0.331 e. The zero-order chi connectivity index (χ0) is 21.6. The zero-order valence-corrected chi connectivity index (χ0v) is 17.2. The number of esters is 1. The Labute approximate surface area is 172 Å². The Kier molecular flexibility index (Phi) is 11.2. The standard InChI is InChI=1S/C22H31NO6/c1-5-9-13-28-17-12-11-16(15-18(17)29-14-10-6-2)21(25)20(22(26)27-8-4)23-19(24)7-3/h5-6,11-12,15,20-21,25H,1-2,7-10,13-14H2,3-4H3,(H,23,24)/t20-,21?/m0/s1. The van der Waals surface area contributed by atoms with Gasteiger partial charge in [-0.3, -0.25) is 4.79 Å². The van der Waals surface area contributed by atoms with E-state index in [0.717, 1.165) is 0 Å². The molecule has 2 atom stereocenters. The summed E-state index contributed by atoms with van der Waals surface area (Å²) in [7, 11) is 0. The summed E-state index contributed by atoms with van der Waals surface area (Å²) >= 11 is 0. The molecule has 0 spiro atoms. The molecule has 160 valence electrons. The predicted octanol–water partition coefficient (Wildman–Crippen LogP) is 3.09. The smallest absolute Gasteiger partial charge is 0.331 e. The van der Waals surface area contributed by atoms with Crippen molar-refractivity contribution in [2.24, 2.45) is 0 Å². The Morgan fingerprint density at radius 3 is 2.28 bits per heavy atom. The Hall–Kier alpha value is -2.80. The van der Waals surface area contributed by atoms with Crippen molar-refractivity contribution < 1.29 is 28.9 Å². The van der Waals surface area contributed by atoms with E-state index in [0.29, 0.717) is 43.1 Å². The first-order valence-electron chi connectivity index (χ1n) is 9.73. The van der Waals surface area contributed by atoms with Crippen LogP contribution in [0.1, 0.15) is 44.8 Å². The van der Waals surface area contributed by atoms with Gasteiger partial charge in [-0.2, -0.15) is 0 Å². The fourth-order valence-corrected chi connectivity index (χ4v) is 2.41. The first kappa shape index (κ1) is 24.2. The molecule has 2 N–H and O–H groups in total. The third kappa shape index (κ3) is 7.99. The second-order valence-electron chi connectivity index (χ2n) is 6.15. The third-order valence-electron chi connectivity index (χ3n) is 3.96. The van der Waals surface area contributed by atoms with Gasteiger partial charge < -0.3 is 24.6 Å². The quantitative estimate of drug-likeness (QED) is 0.281. The van der Waals surface area contributed by atoms with Gasteiger partial charge >= 0.3 is 5.97 Å². The van der Waals surface area contributed by atoms with Crippen LogP contribution in [0.3, 0.4) is 0 Å². The number of amides is 1. The number of benzene rings is 1. The SMILES string of the molecule is C=CCCOc1ccc(C(O)[C@H](NC(=O)CC)C(=O)OCC)cc1OCCC=C. The number of aliphatic hydroxyl groups excluding tert-OH is 1. The van der Waals surface area contributed by atoms with E-state index in [9.17, 15) is 14.7 Å². The molecule has 0 saturated carbocycles. The summed E-state index contributed by atoms with van der Waals surface area (Å²) in [6, 6.07) is 3.66. The second kappa shape index (κ2) is 13.4. The van der Waals surface area contributed by atoms with E-state index in [2.05, 4.69) is 18.5 Å². The van der Waals surface area contributed by atoms with Crippen molar-refractivity contribution in [1.82, 2.24) is 5.32 Å². The maximum atomic E-state index is 12.3. The highest BCUT2D eigenvalue weighted by Crippen LogP contribution is 2.32. The van der Waals surface area contributed by atoms with Crippen molar-refractivity contribution in [3.8, 4) is 11.5 Å². The summed E-state index contributed by atoms with van der Waals surface area (Å²) in [5.41, 5.74) is 0.393. The lowest BCUT2D eigenvalue weighted by molar-refractivity contribution is -0.151. The van der Waals surface area contributed by atoms with Crippen molar-refractivity contribution in [3.63, 3.8) is 0 Å². The molecule has 1 rings (SSSR count). The summed E-state index contributed by atoms with van der Waals surface area (Å²) in [5, 5.41) is 13.3. The second-order valence-corrected chi connectivity index (χ2v) is 6.15. The molecule has 0 fully saturated rings. The number of hydrogen-bond donors (Lipinski definition) is 2. The van der Waals surface area contributed by atoms with Crippen molar-refractivity contribution in [2.75, 3.05) is 19.8 Å². The van der Waals surface area contributed by atoms with Crippen LogP contribution in [-0.4, -0.2) is 42.8 Å². The highest BCUT2D eigenvalue weighted by atomic mass is 16.5. The van der Waals surface area contributed by atoms with E-state index in [4.69, 9.17) is 14.2 Å². The van der Waals surface area contributed by atoms with Crippen LogP contribution in [0, 0.1) is 0 Å². The maximum absolute atomic E-state index is 12.3. The van der Waals surface area contributed by atoms with Crippen LogP contribution >= 0.6 is 0 Å². The lowest BCUT2D eigenvalue weighted by Gasteiger charge is -2.23. The molecular formula is C22H31NO6. The van der Waals surface area contributed by atoms with E-state index in [-0.39, 0.29) is 18.9 Å². The molecule has 7 nitrogen and oxygen atoms in total. The van der Waals surface area contributed by atoms with Crippen LogP contribution in [0.25, 0.3) is 0 Å². The van der Waals surface area contributed by atoms with Crippen LogP contribution < -0.4 is 14.8 Å². The van der Waals surface area contributed by atoms with Gasteiger partial charge in [0.05, 0.1) is 19.8 Å². The van der Waals surface area contributed by atoms with Crippen molar-refractivity contribution in [3.05, 3.63) is 49.1 Å². The number of nitrogens with one attached hydrogen (secondary N) is 1. The molecule has 7 heteroatoms. The predicted molar refractivity (Wildman–Crippen MR) is 111 cm³/mol. The van der Waals surface area contributed by atoms with Crippen LogP contribution in [0.15, 0.2) is 43.5 Å². The van der Waals surface area contributed by atoms with E-state index in [1.54, 1.807) is 44.2 Å². The average Bonchev–Trinajstić information content (AvgIpc) is 2.72. The molecule has 1 aromatic rings. The highest BCUT2D eigenvalue weighted by molar-refractivity contribution is 5.85. The number of rotatable bonds is 14. The van der Waals surface area contributed by atoms with E-state index in [1.807, 2.05) is 0 Å². The normalized spacial score (nSPS) is 12.4. The minimum atomic E-state index is -1.31. The first-order valence-corrected chi connectivity index (χ1v) is 9.73. The fraction of sp³-hybridized carbons (Fsp3) is 0.455. The van der Waals surface area contributed by atoms with Crippen LogP contribution in [-0.2, 0) is 14.3 Å². The summed E-state index contributed by atoms with van der Waals surface area (Å²) < 4.78 is 16.5. The van der Waals surface area contributed by atoms with E-state index in [1.165, 1.54) is 0 Å². The molecule has 0 radical (unpaired) electrons. The van der Waals surface area contributed by atoms with Crippen LogP contribution in [0.5, 0.6) is 11.5 Å². The van der Waals surface area contributed by atoms with Gasteiger partial charge in [0.15, 0.2) is 17.5 Å². The molecule has 1 aromatic carbocycles. The van der Waals surface area contributed by atoms with Crippen molar-refractivity contribution >= 4 is 11.9 Å². The van der Waals surface area contributed by atoms with Crippen molar-refractivity contribution in [1.29, 1.82) is 0 Å². The van der Waals surface area contributed by atoms with Gasteiger partial charge in [0.2, 0.25) is 5.91 Å². The van der Waals surface area contributed by atoms with Gasteiger partial charge in [-0.05, 0) is 37.5 Å². The molecule has 0 aliphatic rings. The molecule has 1 amide bonds. The van der Waals surface area contributed by atoms with E-state index < -0.39 is 18.1 Å². The number of hydrogen-bond acceptors (Lipinski definition) is 6. The van der Waals surface area contributed by atoms with Gasteiger partial charge in [0.1, 0.15) is 6.10 Å². The third-order valence-corrected chi connectivity index (χ3v) is 3.96. The fourth-order valence-electron chi connectivity index (χ4n) is 2.41. The van der Waals surface area contributed by atoms with Gasteiger partial charge in [-0.1, -0.05) is 25.1 Å². The highest BCUT2D eigenvalue weighted by Gasteiger charge is 2.31. The first-order chi connectivity index (χ1) is 14.0. The molecule has 29 heavy (non-hydrogen) atoms. The number of aliphatic hydroxyl groups is 1. The molecule has 0 bridgehead atoms. The van der Waals surface area contributed by atoms with Gasteiger partial charge in [-0.15, -0.1) is 13.2 Å². The van der Waals surface area contributed by atoms with E-state index >= 15 is 0 Å². The monoisotopic (exact) mass is 405 g/mol. The molecule has 0 aliphatic carbocycles. The Morgan fingerprint density at radius 1 is 1.10 bits per heavy atom. The molecule has 0 aromatic heterocycles. The average molecular weight is 405 g/mol. The summed E-state index contributed by atoms with van der Waals surface area (Å²) in [5.74, 6) is -0.134. The molecular weight excluding hydrogens is 374 g/mol. The summed E-state index contributed by atoms with van der Waals surface area (Å²) in [4.78, 5) is 24.1. The summed E-state index contributed by atoms with van der Waals surface area (Å²) in [6.45, 7) is 11.6. The number of ether oxygens (including phenoxy) is 3. The van der Waals surface area contributed by atoms with Gasteiger partial charge in [-0.25, -0.2) is 4.79 Å². The topological polar surface area (TPSA) is 94.1 Å². The lowest BCUT2D eigenvalue weighted by atomic mass is 10.0. The molecule has 0 saturated heterocycles. The Morgan fingerprint density at radius 2 is 1.72 bits per heavy atom. The minimum absolute atomic E-state index is 0.135. The Bertz CT molecular complexity index is 688. The summed E-state index contributed by atoms with van der Waals surface area (Å²) in [6.07, 6.45) is 3.65. The van der Waals surface area contributed by atoms with Crippen LogP contribution in [0.2, 0.25) is 0 Å². The number of carbonyl (C=O) groups excluding carboxylic acids is 2. The minimum Gasteiger partial charge on any atom is -0.489 e. The van der Waals surface area contributed by atoms with Crippen molar-refractivity contribution in [2.45, 2.75) is 45.3 Å². The lowest BCUT2D eigenvalue weighted by Crippen LogP contribution is -2.45. The molecule has 0 aliphatic heterocycles. The number of carbonyl (C=O) groups is 2. The Balaban J connectivity index is 3.13. The zero-order valence-electron chi connectivity index (χ0n) is 17.2. The largest absolute Gasteiger partial charge is 0.489 e. The molecule has 0 heterocycles. The van der Waals surface area contributed by atoms with Gasteiger partial charge in [0, 0.05) is 6.42 Å². The van der Waals surface area contributed by atoms with Gasteiger partial charge in [0.25, 0.3) is 0 Å². The van der Waals surface area contributed by atoms with Crippen LogP contribution in [0.4, 0.5) is 0 Å².